The number of nitrogens with one attached hydrogen (secondary N) is 1. The number of methoxy groups -OCH3 is 1. The van der Waals surface area contributed by atoms with Crippen LogP contribution in [0.15, 0.2) is 48.5 Å². The number of rotatable bonds is 5. The van der Waals surface area contributed by atoms with Crippen LogP contribution in [0.3, 0.4) is 0 Å². The van der Waals surface area contributed by atoms with Crippen LogP contribution in [0, 0.1) is 0 Å². The zero-order valence-electron chi connectivity index (χ0n) is 14.7. The van der Waals surface area contributed by atoms with E-state index in [1.807, 2.05) is 30.3 Å². The fraction of sp³-hybridized carbons (Fsp3) is 0.350. The van der Waals surface area contributed by atoms with Crippen molar-refractivity contribution in [2.45, 2.75) is 25.0 Å². The summed E-state index contributed by atoms with van der Waals surface area (Å²) >= 11 is 6.16. The van der Waals surface area contributed by atoms with E-state index in [1.54, 1.807) is 25.3 Å². The van der Waals surface area contributed by atoms with Crippen molar-refractivity contribution < 1.29 is 14.6 Å². The van der Waals surface area contributed by atoms with E-state index in [0.29, 0.717) is 42.4 Å². The maximum absolute atomic E-state index is 13.1. The van der Waals surface area contributed by atoms with Gasteiger partial charge in [0.2, 0.25) is 5.91 Å². The summed E-state index contributed by atoms with van der Waals surface area (Å²) in [6.45, 7) is 1.36. The summed E-state index contributed by atoms with van der Waals surface area (Å²) in [4.78, 5) is 15.2. The Hall–Kier alpha value is -2.08. The number of benzene rings is 2. The predicted octanol–water partition coefficient (Wildman–Crippen LogP) is 3.49. The third-order valence-corrected chi connectivity index (χ3v) is 4.94. The lowest BCUT2D eigenvalue weighted by molar-refractivity contribution is -0.122. The number of amides is 1. The maximum Gasteiger partial charge on any atom is 0.246 e. The third kappa shape index (κ3) is 4.36. The molecule has 1 aliphatic rings. The van der Waals surface area contributed by atoms with Crippen molar-refractivity contribution in [2.24, 2.45) is 0 Å². The molecule has 0 saturated carbocycles. The second-order valence-electron chi connectivity index (χ2n) is 6.42. The number of aliphatic hydroxyl groups excluding tert-OH is 1. The third-order valence-electron chi connectivity index (χ3n) is 4.65. The Morgan fingerprint density at radius 3 is 2.54 bits per heavy atom. The van der Waals surface area contributed by atoms with Crippen LogP contribution in [-0.2, 0) is 4.79 Å². The van der Waals surface area contributed by atoms with Gasteiger partial charge in [0.1, 0.15) is 11.8 Å². The number of carbonyl (C=O) groups excluding carboxylic acids is 1. The maximum atomic E-state index is 13.1. The topological polar surface area (TPSA) is 61.8 Å². The van der Waals surface area contributed by atoms with E-state index in [2.05, 4.69) is 10.2 Å². The Balaban J connectivity index is 1.82. The highest BCUT2D eigenvalue weighted by Gasteiger charge is 2.30. The molecule has 0 bridgehead atoms. The van der Waals surface area contributed by atoms with Crippen molar-refractivity contribution in [3.8, 4) is 5.75 Å². The lowest BCUT2D eigenvalue weighted by Crippen LogP contribution is -2.43. The Morgan fingerprint density at radius 2 is 1.92 bits per heavy atom. The molecule has 0 aliphatic carbocycles. The van der Waals surface area contributed by atoms with Gasteiger partial charge in [-0.05, 0) is 36.6 Å². The molecule has 3 rings (SSSR count). The minimum absolute atomic E-state index is 0.117. The van der Waals surface area contributed by atoms with Gasteiger partial charge in [0.15, 0.2) is 0 Å². The largest absolute Gasteiger partial charge is 0.495 e. The minimum atomic E-state index is -0.412. The fourth-order valence-electron chi connectivity index (χ4n) is 3.26. The lowest BCUT2D eigenvalue weighted by atomic mass is 9.99. The average Bonchev–Trinajstić information content (AvgIpc) is 2.65. The molecule has 6 heteroatoms. The molecule has 2 aromatic carbocycles. The van der Waals surface area contributed by atoms with Gasteiger partial charge in [-0.3, -0.25) is 9.69 Å². The second kappa shape index (κ2) is 8.54. The van der Waals surface area contributed by atoms with Crippen molar-refractivity contribution in [1.29, 1.82) is 0 Å². The highest BCUT2D eigenvalue weighted by molar-refractivity contribution is 6.32. The molecule has 1 atom stereocenters. The summed E-state index contributed by atoms with van der Waals surface area (Å²) in [5.74, 6) is 0.447. The van der Waals surface area contributed by atoms with Crippen LogP contribution in [0.4, 0.5) is 5.69 Å². The van der Waals surface area contributed by atoms with Crippen LogP contribution in [0.5, 0.6) is 5.75 Å². The first-order valence-corrected chi connectivity index (χ1v) is 9.07. The van der Waals surface area contributed by atoms with Gasteiger partial charge in [-0.25, -0.2) is 0 Å². The van der Waals surface area contributed by atoms with Gasteiger partial charge in [-0.2, -0.15) is 0 Å². The Labute approximate surface area is 158 Å². The van der Waals surface area contributed by atoms with Gasteiger partial charge < -0.3 is 15.2 Å². The van der Waals surface area contributed by atoms with Gasteiger partial charge >= 0.3 is 0 Å². The standard InChI is InChI=1S/C20H23ClN2O3/c1-26-18-8-7-15(13-17(18)21)22-20(25)19(14-5-3-2-4-6-14)23-11-9-16(24)10-12-23/h2-8,13,16,19,24H,9-12H2,1H3,(H,22,25). The molecule has 138 valence electrons. The smallest absolute Gasteiger partial charge is 0.246 e. The van der Waals surface area contributed by atoms with E-state index in [4.69, 9.17) is 16.3 Å². The lowest BCUT2D eigenvalue weighted by Gasteiger charge is -2.35. The highest BCUT2D eigenvalue weighted by atomic mass is 35.5. The number of hydrogen-bond acceptors (Lipinski definition) is 4. The van der Waals surface area contributed by atoms with Gasteiger partial charge in [-0.15, -0.1) is 0 Å². The molecule has 0 radical (unpaired) electrons. The summed E-state index contributed by atoms with van der Waals surface area (Å²) < 4.78 is 5.15. The number of nitrogens with zero attached hydrogens (tertiary/aromatic N) is 1. The minimum Gasteiger partial charge on any atom is -0.495 e. The molecule has 26 heavy (non-hydrogen) atoms. The number of ether oxygens (including phenoxy) is 1. The first kappa shape index (κ1) is 18.7. The zero-order chi connectivity index (χ0) is 18.5. The van der Waals surface area contributed by atoms with Crippen LogP contribution in [-0.4, -0.2) is 42.2 Å². The number of piperidine rings is 1. The molecular weight excluding hydrogens is 352 g/mol. The fourth-order valence-corrected chi connectivity index (χ4v) is 3.52. The van der Waals surface area contributed by atoms with Crippen LogP contribution in [0.1, 0.15) is 24.4 Å². The van der Waals surface area contributed by atoms with E-state index in [0.717, 1.165) is 5.56 Å². The summed E-state index contributed by atoms with van der Waals surface area (Å²) in [5, 5.41) is 13.2. The summed E-state index contributed by atoms with van der Waals surface area (Å²) in [7, 11) is 1.55. The van der Waals surface area contributed by atoms with Crippen LogP contribution < -0.4 is 10.1 Å². The highest BCUT2D eigenvalue weighted by Crippen LogP contribution is 2.30. The quantitative estimate of drug-likeness (QED) is 0.841. The van der Waals surface area contributed by atoms with Crippen molar-refractivity contribution in [3.05, 3.63) is 59.1 Å². The molecule has 1 amide bonds. The molecule has 1 unspecified atom stereocenters. The van der Waals surface area contributed by atoms with E-state index < -0.39 is 6.04 Å². The molecule has 1 fully saturated rings. The molecule has 0 aromatic heterocycles. The van der Waals surface area contributed by atoms with Crippen LogP contribution >= 0.6 is 11.6 Å². The number of aliphatic hydroxyl groups is 1. The van der Waals surface area contributed by atoms with Crippen molar-refractivity contribution in [3.63, 3.8) is 0 Å². The normalized spacial score (nSPS) is 16.9. The molecule has 2 aromatic rings. The summed E-state index contributed by atoms with van der Waals surface area (Å²) in [6, 6.07) is 14.5. The number of likely N-dealkylation sites (tertiary alicyclic amines) is 1. The predicted molar refractivity (Wildman–Crippen MR) is 103 cm³/mol. The molecule has 5 nitrogen and oxygen atoms in total. The second-order valence-corrected chi connectivity index (χ2v) is 6.83. The Kier molecular flexibility index (Phi) is 6.14. The van der Waals surface area contributed by atoms with E-state index in [-0.39, 0.29) is 12.0 Å². The Bertz CT molecular complexity index is 746. The van der Waals surface area contributed by atoms with Crippen molar-refractivity contribution in [1.82, 2.24) is 4.90 Å². The van der Waals surface area contributed by atoms with E-state index in [9.17, 15) is 9.90 Å². The molecular formula is C20H23ClN2O3. The number of carbonyl (C=O) groups is 1. The first-order chi connectivity index (χ1) is 12.6. The SMILES string of the molecule is COc1ccc(NC(=O)C(c2ccccc2)N2CCC(O)CC2)cc1Cl. The van der Waals surface area contributed by atoms with E-state index in [1.165, 1.54) is 0 Å². The molecule has 1 saturated heterocycles. The average molecular weight is 375 g/mol. The van der Waals surface area contributed by atoms with Crippen LogP contribution in [0.25, 0.3) is 0 Å². The first-order valence-electron chi connectivity index (χ1n) is 8.70. The number of halogens is 1. The monoisotopic (exact) mass is 374 g/mol. The summed E-state index contributed by atoms with van der Waals surface area (Å²) in [5.41, 5.74) is 1.56. The van der Waals surface area contributed by atoms with Gasteiger partial charge in [0.05, 0.1) is 18.2 Å². The van der Waals surface area contributed by atoms with Crippen molar-refractivity contribution >= 4 is 23.2 Å². The zero-order valence-corrected chi connectivity index (χ0v) is 15.4. The van der Waals surface area contributed by atoms with Gasteiger partial charge in [0, 0.05) is 18.8 Å². The number of anilines is 1. The Morgan fingerprint density at radius 1 is 1.23 bits per heavy atom. The van der Waals surface area contributed by atoms with Gasteiger partial charge in [0.25, 0.3) is 0 Å². The molecule has 0 spiro atoms. The van der Waals surface area contributed by atoms with E-state index >= 15 is 0 Å². The molecule has 2 N–H and O–H groups in total. The molecule has 1 heterocycles. The number of hydrogen-bond donors (Lipinski definition) is 2. The molecule has 1 aliphatic heterocycles. The van der Waals surface area contributed by atoms with Crippen LogP contribution in [0.2, 0.25) is 5.02 Å². The van der Waals surface area contributed by atoms with Crippen molar-refractivity contribution in [2.75, 3.05) is 25.5 Å². The summed E-state index contributed by atoms with van der Waals surface area (Å²) in [6.07, 6.45) is 1.06. The van der Waals surface area contributed by atoms with Gasteiger partial charge in [-0.1, -0.05) is 41.9 Å².